The van der Waals surface area contributed by atoms with Crippen LogP contribution in [-0.4, -0.2) is 28.7 Å². The van der Waals surface area contributed by atoms with Gasteiger partial charge in [0.2, 0.25) is 0 Å². The fourth-order valence-electron chi connectivity index (χ4n) is 1.33. The molecule has 0 bridgehead atoms. The van der Waals surface area contributed by atoms with Crippen LogP contribution in [0, 0.1) is 5.41 Å². The normalized spacial score (nSPS) is 10.9. The van der Waals surface area contributed by atoms with Crippen LogP contribution in [0.25, 0.3) is 0 Å². The number of halogens is 1. The van der Waals surface area contributed by atoms with Crippen molar-refractivity contribution in [1.29, 1.82) is 0 Å². The highest BCUT2D eigenvalue weighted by Gasteiger charge is 2.12. The molecule has 0 saturated heterocycles. The van der Waals surface area contributed by atoms with Crippen LogP contribution in [0.1, 0.15) is 26.3 Å². The van der Waals surface area contributed by atoms with Gasteiger partial charge in [0, 0.05) is 30.9 Å². The van der Waals surface area contributed by atoms with Crippen LogP contribution >= 0.6 is 12.4 Å². The molecule has 96 valence electrons. The van der Waals surface area contributed by atoms with Crippen LogP contribution in [0.2, 0.25) is 0 Å². The highest BCUT2D eigenvalue weighted by molar-refractivity contribution is 6.58. The first-order chi connectivity index (χ1) is 7.38. The Hall–Kier alpha value is -0.615. The maximum absolute atomic E-state index is 9.00. The SMILES string of the molecule is CC(C)(C)CNCc1cncc(B(O)O)c1.Cl. The van der Waals surface area contributed by atoms with Crippen molar-refractivity contribution in [3.8, 4) is 0 Å². The molecule has 0 aliphatic carbocycles. The quantitative estimate of drug-likeness (QED) is 0.681. The molecule has 3 N–H and O–H groups in total. The lowest BCUT2D eigenvalue weighted by atomic mass is 9.81. The topological polar surface area (TPSA) is 65.4 Å². The highest BCUT2D eigenvalue weighted by Crippen LogP contribution is 2.10. The molecule has 17 heavy (non-hydrogen) atoms. The molecule has 0 unspecified atom stereocenters. The number of hydrogen-bond donors (Lipinski definition) is 3. The van der Waals surface area contributed by atoms with Gasteiger partial charge in [-0.3, -0.25) is 4.98 Å². The molecule has 4 nitrogen and oxygen atoms in total. The lowest BCUT2D eigenvalue weighted by Gasteiger charge is -2.18. The average molecular weight is 259 g/mol. The average Bonchev–Trinajstić information content (AvgIpc) is 2.16. The summed E-state index contributed by atoms with van der Waals surface area (Å²) < 4.78 is 0. The molecule has 6 heteroatoms. The Bertz CT molecular complexity index is 342. The second-order valence-corrected chi connectivity index (χ2v) is 5.16. The van der Waals surface area contributed by atoms with Crippen molar-refractivity contribution < 1.29 is 10.0 Å². The van der Waals surface area contributed by atoms with Gasteiger partial charge in [0.1, 0.15) is 0 Å². The van der Waals surface area contributed by atoms with Crippen molar-refractivity contribution >= 4 is 25.0 Å². The van der Waals surface area contributed by atoms with E-state index in [1.54, 1.807) is 12.3 Å². The molecule has 0 aromatic carbocycles. The highest BCUT2D eigenvalue weighted by atomic mass is 35.5. The first-order valence-electron chi connectivity index (χ1n) is 5.39. The second kappa shape index (κ2) is 6.96. The van der Waals surface area contributed by atoms with Crippen molar-refractivity contribution in [2.45, 2.75) is 27.3 Å². The van der Waals surface area contributed by atoms with E-state index in [1.165, 1.54) is 6.20 Å². The summed E-state index contributed by atoms with van der Waals surface area (Å²) in [5, 5.41) is 21.3. The van der Waals surface area contributed by atoms with E-state index in [4.69, 9.17) is 10.0 Å². The van der Waals surface area contributed by atoms with E-state index in [2.05, 4.69) is 31.1 Å². The molecule has 0 fully saturated rings. The molecule has 1 aromatic heterocycles. The molecule has 1 rings (SSSR count). The molecular formula is C11H20BClN2O2. The van der Waals surface area contributed by atoms with E-state index in [0.29, 0.717) is 12.0 Å². The van der Waals surface area contributed by atoms with Gasteiger partial charge in [0.15, 0.2) is 0 Å². The molecule has 1 aromatic rings. The molecule has 0 atom stereocenters. The monoisotopic (exact) mass is 258 g/mol. The van der Waals surface area contributed by atoms with Gasteiger partial charge in [-0.1, -0.05) is 26.8 Å². The zero-order chi connectivity index (χ0) is 12.2. The molecule has 0 spiro atoms. The van der Waals surface area contributed by atoms with E-state index in [-0.39, 0.29) is 17.8 Å². The first-order valence-corrected chi connectivity index (χ1v) is 5.39. The van der Waals surface area contributed by atoms with Crippen molar-refractivity contribution in [1.82, 2.24) is 10.3 Å². The Morgan fingerprint density at radius 1 is 1.29 bits per heavy atom. The zero-order valence-electron chi connectivity index (χ0n) is 10.5. The molecule has 0 amide bonds. The zero-order valence-corrected chi connectivity index (χ0v) is 11.3. The van der Waals surface area contributed by atoms with Gasteiger partial charge in [-0.05, 0) is 11.0 Å². The number of nitrogens with one attached hydrogen (secondary N) is 1. The maximum Gasteiger partial charge on any atom is 0.490 e. The van der Waals surface area contributed by atoms with Gasteiger partial charge >= 0.3 is 7.12 Å². The van der Waals surface area contributed by atoms with E-state index in [1.807, 2.05) is 0 Å². The second-order valence-electron chi connectivity index (χ2n) is 5.16. The molecular weight excluding hydrogens is 238 g/mol. The Kier molecular flexibility index (Phi) is 6.71. The van der Waals surface area contributed by atoms with Crippen molar-refractivity contribution in [2.24, 2.45) is 5.41 Å². The van der Waals surface area contributed by atoms with E-state index in [9.17, 15) is 0 Å². The lowest BCUT2D eigenvalue weighted by Crippen LogP contribution is -2.31. The van der Waals surface area contributed by atoms with Crippen LogP contribution in [0.3, 0.4) is 0 Å². The Morgan fingerprint density at radius 2 is 1.94 bits per heavy atom. The smallest absolute Gasteiger partial charge is 0.423 e. The number of hydrogen-bond acceptors (Lipinski definition) is 4. The summed E-state index contributed by atoms with van der Waals surface area (Å²) in [5.41, 5.74) is 1.62. The molecule has 1 heterocycles. The lowest BCUT2D eigenvalue weighted by molar-refractivity contribution is 0.379. The minimum Gasteiger partial charge on any atom is -0.423 e. The van der Waals surface area contributed by atoms with Crippen LogP contribution in [0.4, 0.5) is 0 Å². The maximum atomic E-state index is 9.00. The third-order valence-electron chi connectivity index (χ3n) is 2.10. The van der Waals surface area contributed by atoms with Crippen LogP contribution in [-0.2, 0) is 6.54 Å². The largest absolute Gasteiger partial charge is 0.490 e. The van der Waals surface area contributed by atoms with Crippen LogP contribution in [0.5, 0.6) is 0 Å². The third-order valence-corrected chi connectivity index (χ3v) is 2.10. The predicted molar refractivity (Wildman–Crippen MR) is 72.5 cm³/mol. The summed E-state index contributed by atoms with van der Waals surface area (Å²) in [6.07, 6.45) is 3.18. The summed E-state index contributed by atoms with van der Waals surface area (Å²) >= 11 is 0. The van der Waals surface area contributed by atoms with E-state index >= 15 is 0 Å². The van der Waals surface area contributed by atoms with E-state index < -0.39 is 7.12 Å². The summed E-state index contributed by atoms with van der Waals surface area (Å²) in [6, 6.07) is 1.74. The number of pyridine rings is 1. The predicted octanol–water partition coefficient (Wildman–Crippen LogP) is 0.319. The minimum absolute atomic E-state index is 0. The minimum atomic E-state index is -1.45. The van der Waals surface area contributed by atoms with Gasteiger partial charge in [-0.25, -0.2) is 0 Å². The van der Waals surface area contributed by atoms with Gasteiger partial charge in [-0.2, -0.15) is 0 Å². The van der Waals surface area contributed by atoms with Crippen molar-refractivity contribution in [2.75, 3.05) is 6.54 Å². The fraction of sp³-hybridized carbons (Fsp3) is 0.545. The van der Waals surface area contributed by atoms with Crippen LogP contribution in [0.15, 0.2) is 18.5 Å². The molecule has 0 aliphatic rings. The van der Waals surface area contributed by atoms with Crippen LogP contribution < -0.4 is 10.8 Å². The number of rotatable bonds is 4. The molecule has 0 saturated carbocycles. The Labute approximate surface area is 109 Å². The van der Waals surface area contributed by atoms with Gasteiger partial charge in [-0.15, -0.1) is 12.4 Å². The van der Waals surface area contributed by atoms with E-state index in [0.717, 1.165) is 12.1 Å². The fourth-order valence-corrected chi connectivity index (χ4v) is 1.33. The summed E-state index contributed by atoms with van der Waals surface area (Å²) in [5.74, 6) is 0. The number of nitrogens with zero attached hydrogens (tertiary/aromatic N) is 1. The van der Waals surface area contributed by atoms with Crippen molar-refractivity contribution in [3.63, 3.8) is 0 Å². The van der Waals surface area contributed by atoms with Gasteiger partial charge < -0.3 is 15.4 Å². The summed E-state index contributed by atoms with van der Waals surface area (Å²) in [4.78, 5) is 3.96. The Balaban J connectivity index is 0.00000256. The number of aromatic nitrogens is 1. The van der Waals surface area contributed by atoms with Gasteiger partial charge in [0.25, 0.3) is 0 Å². The Morgan fingerprint density at radius 3 is 2.47 bits per heavy atom. The van der Waals surface area contributed by atoms with Gasteiger partial charge in [0.05, 0.1) is 0 Å². The molecule has 0 radical (unpaired) electrons. The summed E-state index contributed by atoms with van der Waals surface area (Å²) in [7, 11) is -1.45. The summed E-state index contributed by atoms with van der Waals surface area (Å²) in [6.45, 7) is 8.06. The standard InChI is InChI=1S/C11H19BN2O2.ClH/c1-11(2,3)8-14-6-9-4-10(12(15)16)7-13-5-9;/h4-5,7,14-16H,6,8H2,1-3H3;1H. The van der Waals surface area contributed by atoms with Crippen molar-refractivity contribution in [3.05, 3.63) is 24.0 Å². The molecule has 0 aliphatic heterocycles. The first kappa shape index (κ1) is 16.4. The third kappa shape index (κ3) is 6.63.